The number of halogens is 4. The maximum atomic E-state index is 16.6. The largest absolute Gasteiger partial charge is 0.372 e. The van der Waals surface area contributed by atoms with Gasteiger partial charge in [-0.05, 0) is 169 Å². The molecule has 60 heavy (non-hydrogen) atoms. The first-order chi connectivity index (χ1) is 28.8. The van der Waals surface area contributed by atoms with Crippen molar-refractivity contribution in [1.82, 2.24) is 0 Å². The number of benzene rings is 7. The molecular weight excluding hydrogens is 753 g/mol. The van der Waals surface area contributed by atoms with Crippen LogP contribution >= 0.6 is 0 Å². The number of rotatable bonds is 9. The van der Waals surface area contributed by atoms with Crippen molar-refractivity contribution in [3.63, 3.8) is 0 Å². The third-order valence-corrected chi connectivity index (χ3v) is 11.7. The third kappa shape index (κ3) is 7.43. The second kappa shape index (κ2) is 16.2. The molecule has 0 amide bonds. The summed E-state index contributed by atoms with van der Waals surface area (Å²) in [7, 11) is 0. The summed E-state index contributed by atoms with van der Waals surface area (Å²) in [4.78, 5) is 1.52. The van der Waals surface area contributed by atoms with E-state index >= 15 is 17.6 Å². The van der Waals surface area contributed by atoms with Crippen molar-refractivity contribution in [3.8, 4) is 22.3 Å². The number of hydrogen-bond acceptors (Lipinski definition) is 2. The van der Waals surface area contributed by atoms with Gasteiger partial charge in [-0.15, -0.1) is 0 Å². The van der Waals surface area contributed by atoms with E-state index in [4.69, 9.17) is 0 Å². The summed E-state index contributed by atoms with van der Waals surface area (Å²) in [6, 6.07) is 41.2. The summed E-state index contributed by atoms with van der Waals surface area (Å²) in [6.45, 7) is 12.2. The lowest BCUT2D eigenvalue weighted by atomic mass is 9.75. The van der Waals surface area contributed by atoms with Gasteiger partial charge in [-0.1, -0.05) is 91.0 Å². The van der Waals surface area contributed by atoms with Gasteiger partial charge in [0.1, 0.15) is 29.0 Å². The Kier molecular flexibility index (Phi) is 10.8. The summed E-state index contributed by atoms with van der Waals surface area (Å²) in [6.07, 6.45) is 3.72. The number of nitrogens with zero attached hydrogens (tertiary/aromatic N) is 1. The summed E-state index contributed by atoms with van der Waals surface area (Å²) >= 11 is 0. The Morgan fingerprint density at radius 2 is 0.867 bits per heavy atom. The summed E-state index contributed by atoms with van der Waals surface area (Å²) < 4.78 is 65.7. The van der Waals surface area contributed by atoms with Gasteiger partial charge in [0.05, 0.1) is 11.1 Å². The molecule has 2 nitrogen and oxygen atoms in total. The lowest BCUT2D eigenvalue weighted by Gasteiger charge is -2.41. The molecular formula is C54H46F4N2. The monoisotopic (exact) mass is 798 g/mol. The van der Waals surface area contributed by atoms with E-state index in [1.165, 1.54) is 41.3 Å². The van der Waals surface area contributed by atoms with E-state index in [1.807, 2.05) is 98.8 Å². The molecule has 0 spiro atoms. The van der Waals surface area contributed by atoms with E-state index in [-0.39, 0.29) is 17.7 Å². The fraction of sp³-hybridized carbons (Fsp3) is 0.148. The molecule has 0 fully saturated rings. The molecule has 0 aliphatic heterocycles. The molecule has 0 radical (unpaired) electrons. The van der Waals surface area contributed by atoms with E-state index in [1.54, 1.807) is 6.08 Å². The van der Waals surface area contributed by atoms with Crippen molar-refractivity contribution < 1.29 is 17.6 Å². The Morgan fingerprint density at radius 1 is 0.467 bits per heavy atom. The zero-order chi connectivity index (χ0) is 42.3. The van der Waals surface area contributed by atoms with Crippen LogP contribution in [-0.2, 0) is 5.54 Å². The van der Waals surface area contributed by atoms with Gasteiger partial charge < -0.3 is 10.2 Å². The first-order valence-corrected chi connectivity index (χ1v) is 20.2. The molecule has 0 heterocycles. The highest BCUT2D eigenvalue weighted by molar-refractivity contribution is 5.83. The van der Waals surface area contributed by atoms with Crippen molar-refractivity contribution in [2.24, 2.45) is 0 Å². The van der Waals surface area contributed by atoms with E-state index in [0.29, 0.717) is 17.1 Å². The Hall–Kier alpha value is -6.66. The Labute approximate surface area is 350 Å². The molecule has 1 aliphatic rings. The van der Waals surface area contributed by atoms with Crippen LogP contribution in [0.25, 0.3) is 27.8 Å². The number of nitrogens with one attached hydrogen (secondary N) is 1. The summed E-state index contributed by atoms with van der Waals surface area (Å²) in [5, 5.41) is 3.59. The van der Waals surface area contributed by atoms with Crippen LogP contribution in [-0.4, -0.2) is 0 Å². The second-order valence-corrected chi connectivity index (χ2v) is 15.9. The minimum atomic E-state index is -1.60. The van der Waals surface area contributed by atoms with Crippen LogP contribution < -0.4 is 10.2 Å². The number of anilines is 3. The first kappa shape index (κ1) is 40.1. The average Bonchev–Trinajstić information content (AvgIpc) is 3.20. The Balaban J connectivity index is 1.39. The SMILES string of the molecule is Cc1cccc(C)c1C1=CC(N(c2ccc(-c3c(C)cccc3C)cc2)c2c(F)cccc2F)=CC(Nc2ccc(-c3c(C)cccc3C)cc2)(c2c(F)cccc2F)C1. The highest BCUT2D eigenvalue weighted by atomic mass is 19.1. The summed E-state index contributed by atoms with van der Waals surface area (Å²) in [5.41, 5.74) is 11.4. The van der Waals surface area contributed by atoms with Crippen LogP contribution in [0.3, 0.4) is 0 Å². The lowest BCUT2D eigenvalue weighted by molar-refractivity contribution is 0.491. The van der Waals surface area contributed by atoms with E-state index in [9.17, 15) is 0 Å². The van der Waals surface area contributed by atoms with Crippen molar-refractivity contribution in [3.05, 3.63) is 225 Å². The Bertz CT molecular complexity index is 2720. The molecule has 1 aliphatic carbocycles. The molecule has 7 aromatic rings. The number of hydrogen-bond donors (Lipinski definition) is 1. The molecule has 1 N–H and O–H groups in total. The minimum Gasteiger partial charge on any atom is -0.372 e. The van der Waals surface area contributed by atoms with Crippen molar-refractivity contribution in [1.29, 1.82) is 0 Å². The molecule has 0 saturated heterocycles. The van der Waals surface area contributed by atoms with E-state index in [2.05, 4.69) is 57.3 Å². The van der Waals surface area contributed by atoms with Crippen LogP contribution in [0.15, 0.2) is 157 Å². The van der Waals surface area contributed by atoms with Gasteiger partial charge in [-0.25, -0.2) is 17.6 Å². The molecule has 300 valence electrons. The van der Waals surface area contributed by atoms with Gasteiger partial charge in [0.25, 0.3) is 0 Å². The van der Waals surface area contributed by atoms with Gasteiger partial charge in [-0.2, -0.15) is 0 Å². The topological polar surface area (TPSA) is 15.3 Å². The maximum absolute atomic E-state index is 16.6. The smallest absolute Gasteiger partial charge is 0.150 e. The van der Waals surface area contributed by atoms with Gasteiger partial charge >= 0.3 is 0 Å². The molecule has 0 saturated carbocycles. The predicted octanol–water partition coefficient (Wildman–Crippen LogP) is 14.9. The molecule has 7 aromatic carbocycles. The molecule has 0 aromatic heterocycles. The van der Waals surface area contributed by atoms with Gasteiger partial charge in [0, 0.05) is 23.5 Å². The molecule has 6 heteroatoms. The first-order valence-electron chi connectivity index (χ1n) is 20.2. The van der Waals surface area contributed by atoms with Crippen LogP contribution in [0.4, 0.5) is 34.6 Å². The van der Waals surface area contributed by atoms with E-state index in [0.717, 1.165) is 66.8 Å². The number of para-hydroxylation sites is 1. The quantitative estimate of drug-likeness (QED) is 0.146. The van der Waals surface area contributed by atoms with Crippen LogP contribution in [0.2, 0.25) is 0 Å². The van der Waals surface area contributed by atoms with Crippen molar-refractivity contribution in [2.75, 3.05) is 10.2 Å². The normalized spacial score (nSPS) is 15.0. The average molecular weight is 799 g/mol. The fourth-order valence-corrected chi connectivity index (χ4v) is 9.12. The molecule has 8 rings (SSSR count). The minimum absolute atomic E-state index is 0.109. The zero-order valence-corrected chi connectivity index (χ0v) is 34.6. The molecule has 0 bridgehead atoms. The lowest BCUT2D eigenvalue weighted by Crippen LogP contribution is -2.39. The number of aryl methyl sites for hydroxylation is 6. The standard InChI is InChI=1S/C54H46F4N2/c1-33-12-7-13-34(2)49(33)39-22-26-42(27-23-39)59-54(52-45(55)18-10-19-46(52)56)31-41(51-37(5)16-9-17-38(51)6)30-44(32-54)60(53-47(57)20-11-21-48(53)58)43-28-24-40(25-29-43)50-35(3)14-8-15-36(50)4/h7-30,32,59H,31H2,1-6H3. The summed E-state index contributed by atoms with van der Waals surface area (Å²) in [5.74, 6) is -3.09. The van der Waals surface area contributed by atoms with Crippen LogP contribution in [0.1, 0.15) is 50.9 Å². The zero-order valence-electron chi connectivity index (χ0n) is 34.6. The molecule has 1 unspecified atom stereocenters. The number of allylic oxidation sites excluding steroid dienone is 1. The van der Waals surface area contributed by atoms with Gasteiger partial charge in [-0.3, -0.25) is 0 Å². The van der Waals surface area contributed by atoms with E-state index < -0.39 is 28.8 Å². The third-order valence-electron chi connectivity index (χ3n) is 11.7. The fourth-order valence-electron chi connectivity index (χ4n) is 9.12. The molecule has 1 atom stereocenters. The second-order valence-electron chi connectivity index (χ2n) is 15.9. The van der Waals surface area contributed by atoms with Crippen LogP contribution in [0, 0.1) is 64.8 Å². The Morgan fingerprint density at radius 3 is 1.33 bits per heavy atom. The van der Waals surface area contributed by atoms with Crippen molar-refractivity contribution in [2.45, 2.75) is 53.5 Å². The predicted molar refractivity (Wildman–Crippen MR) is 239 cm³/mol. The maximum Gasteiger partial charge on any atom is 0.150 e. The van der Waals surface area contributed by atoms with Crippen molar-refractivity contribution >= 4 is 22.6 Å². The van der Waals surface area contributed by atoms with Gasteiger partial charge in [0.15, 0.2) is 0 Å². The van der Waals surface area contributed by atoms with Gasteiger partial charge in [0.2, 0.25) is 0 Å². The van der Waals surface area contributed by atoms with Crippen LogP contribution in [0.5, 0.6) is 0 Å². The highest BCUT2D eigenvalue weighted by Crippen LogP contribution is 2.48. The highest BCUT2D eigenvalue weighted by Gasteiger charge is 2.41.